The van der Waals surface area contributed by atoms with Crippen LogP contribution in [-0.4, -0.2) is 78.2 Å². The van der Waals surface area contributed by atoms with E-state index in [1.54, 1.807) is 17.9 Å². The second-order valence-corrected chi connectivity index (χ2v) is 7.30. The molecule has 160 valence electrons. The number of nitrogens with zero attached hydrogens (tertiary/aromatic N) is 2. The van der Waals surface area contributed by atoms with Crippen LogP contribution in [0.2, 0.25) is 0 Å². The molecule has 2 aliphatic rings. The molecule has 8 heteroatoms. The van der Waals surface area contributed by atoms with Crippen molar-refractivity contribution in [1.82, 2.24) is 9.80 Å². The molecule has 2 rings (SSSR count). The molecule has 0 saturated heterocycles. The molecule has 29 heavy (non-hydrogen) atoms. The van der Waals surface area contributed by atoms with Gasteiger partial charge < -0.3 is 19.1 Å². The summed E-state index contributed by atoms with van der Waals surface area (Å²) in [7, 11) is 0. The number of ether oxygens (including phenoxy) is 3. The van der Waals surface area contributed by atoms with Crippen molar-refractivity contribution in [2.24, 2.45) is 0 Å². The van der Waals surface area contributed by atoms with E-state index >= 15 is 0 Å². The van der Waals surface area contributed by atoms with Crippen molar-refractivity contribution >= 4 is 17.7 Å². The molecule has 0 radical (unpaired) electrons. The quantitative estimate of drug-likeness (QED) is 0.360. The van der Waals surface area contributed by atoms with Gasteiger partial charge in [-0.1, -0.05) is 6.58 Å². The molecule has 3 amide bonds. The number of allylic oxidation sites excluding steroid dienone is 1. The van der Waals surface area contributed by atoms with Crippen molar-refractivity contribution < 1.29 is 28.6 Å². The predicted molar refractivity (Wildman–Crippen MR) is 107 cm³/mol. The zero-order valence-electron chi connectivity index (χ0n) is 17.5. The molecule has 2 aliphatic heterocycles. The summed E-state index contributed by atoms with van der Waals surface area (Å²) in [5.74, 6) is -0.709. The Morgan fingerprint density at radius 2 is 1.41 bits per heavy atom. The van der Waals surface area contributed by atoms with Crippen LogP contribution in [0.1, 0.15) is 27.7 Å². The third kappa shape index (κ3) is 6.09. The first-order valence-corrected chi connectivity index (χ1v) is 9.78. The molecule has 0 N–H and O–H groups in total. The van der Waals surface area contributed by atoms with Crippen LogP contribution in [0.3, 0.4) is 0 Å². The summed E-state index contributed by atoms with van der Waals surface area (Å²) < 4.78 is 17.0. The summed E-state index contributed by atoms with van der Waals surface area (Å²) in [5.41, 5.74) is 0.668. The second-order valence-electron chi connectivity index (χ2n) is 7.30. The number of amides is 3. The molecule has 0 aliphatic carbocycles. The number of carbonyl (C=O) groups is 3. The van der Waals surface area contributed by atoms with Gasteiger partial charge in [0.15, 0.2) is 0 Å². The number of imide groups is 1. The third-order valence-electron chi connectivity index (χ3n) is 4.92. The van der Waals surface area contributed by atoms with Crippen molar-refractivity contribution in [2.75, 3.05) is 26.4 Å². The Morgan fingerprint density at radius 3 is 2.00 bits per heavy atom. The Morgan fingerprint density at radius 1 is 0.828 bits per heavy atom. The number of rotatable bonds is 12. The minimum Gasteiger partial charge on any atom is -0.377 e. The van der Waals surface area contributed by atoms with Crippen LogP contribution in [0.4, 0.5) is 0 Å². The molecule has 0 spiro atoms. The van der Waals surface area contributed by atoms with Gasteiger partial charge in [-0.15, -0.1) is 0 Å². The zero-order valence-corrected chi connectivity index (χ0v) is 17.5. The Labute approximate surface area is 171 Å². The molecule has 0 bridgehead atoms. The average molecular weight is 406 g/mol. The Hall–Kier alpha value is -2.29. The smallest absolute Gasteiger partial charge is 0.253 e. The van der Waals surface area contributed by atoms with E-state index in [9.17, 15) is 14.4 Å². The minimum atomic E-state index is -0.328. The summed E-state index contributed by atoms with van der Waals surface area (Å²) in [4.78, 5) is 37.9. The van der Waals surface area contributed by atoms with Gasteiger partial charge in [0, 0.05) is 23.9 Å². The monoisotopic (exact) mass is 406 g/mol. The van der Waals surface area contributed by atoms with Crippen molar-refractivity contribution in [3.05, 3.63) is 36.6 Å². The highest BCUT2D eigenvalue weighted by Crippen LogP contribution is 2.20. The van der Waals surface area contributed by atoms with E-state index in [0.29, 0.717) is 25.5 Å². The minimum absolute atomic E-state index is 0.0817. The van der Waals surface area contributed by atoms with Crippen LogP contribution in [0.15, 0.2) is 36.6 Å². The van der Waals surface area contributed by atoms with Gasteiger partial charge >= 0.3 is 0 Å². The van der Waals surface area contributed by atoms with Gasteiger partial charge in [-0.25, -0.2) is 0 Å². The summed E-state index contributed by atoms with van der Waals surface area (Å²) in [6.45, 7) is 12.7. The van der Waals surface area contributed by atoms with Gasteiger partial charge in [-0.05, 0) is 33.8 Å². The summed E-state index contributed by atoms with van der Waals surface area (Å²) >= 11 is 0. The van der Waals surface area contributed by atoms with Gasteiger partial charge in [0.1, 0.15) is 0 Å². The average Bonchev–Trinajstić information content (AvgIpc) is 3.19. The largest absolute Gasteiger partial charge is 0.377 e. The number of hydrogen-bond acceptors (Lipinski definition) is 6. The maximum Gasteiger partial charge on any atom is 0.253 e. The lowest BCUT2D eigenvalue weighted by atomic mass is 10.1. The number of hydrogen-bond donors (Lipinski definition) is 0. The molecule has 0 aromatic carbocycles. The van der Waals surface area contributed by atoms with Gasteiger partial charge in [-0.3, -0.25) is 19.3 Å². The topological polar surface area (TPSA) is 85.4 Å². The molecule has 0 fully saturated rings. The van der Waals surface area contributed by atoms with Crippen LogP contribution in [0.5, 0.6) is 0 Å². The van der Waals surface area contributed by atoms with Crippen LogP contribution in [0, 0.1) is 0 Å². The third-order valence-corrected chi connectivity index (χ3v) is 4.92. The standard InChI is InChI=1S/C21H30N2O6/c1-14-6-7-19(24)22(14)17(4)18(5)29-13-16(3)28-11-10-27-12-15(2)23-20(25)8-9-21(23)26/h6-9,15-18H,1,10-13H2,2-5H3. The van der Waals surface area contributed by atoms with Crippen molar-refractivity contribution in [2.45, 2.75) is 52.0 Å². The molecule has 4 atom stereocenters. The maximum atomic E-state index is 11.9. The van der Waals surface area contributed by atoms with Gasteiger partial charge in [-0.2, -0.15) is 0 Å². The molecular weight excluding hydrogens is 376 g/mol. The maximum absolute atomic E-state index is 11.9. The van der Waals surface area contributed by atoms with E-state index in [4.69, 9.17) is 14.2 Å². The normalized spacial score (nSPS) is 20.7. The van der Waals surface area contributed by atoms with Crippen LogP contribution in [0.25, 0.3) is 0 Å². The van der Waals surface area contributed by atoms with E-state index in [-0.39, 0.29) is 48.6 Å². The van der Waals surface area contributed by atoms with Crippen LogP contribution >= 0.6 is 0 Å². The highest BCUT2D eigenvalue weighted by Gasteiger charge is 2.29. The fourth-order valence-electron chi connectivity index (χ4n) is 3.10. The molecule has 2 heterocycles. The Balaban J connectivity index is 1.58. The van der Waals surface area contributed by atoms with Gasteiger partial charge in [0.25, 0.3) is 17.7 Å². The number of carbonyl (C=O) groups excluding carboxylic acids is 3. The fraction of sp³-hybridized carbons (Fsp3) is 0.571. The first-order chi connectivity index (χ1) is 13.7. The van der Waals surface area contributed by atoms with Crippen molar-refractivity contribution in [3.8, 4) is 0 Å². The lowest BCUT2D eigenvalue weighted by molar-refractivity contribution is -0.140. The Kier molecular flexibility index (Phi) is 8.31. The summed E-state index contributed by atoms with van der Waals surface area (Å²) in [6, 6.07) is -0.460. The fourth-order valence-corrected chi connectivity index (χ4v) is 3.10. The summed E-state index contributed by atoms with van der Waals surface area (Å²) in [6.07, 6.45) is 5.40. The molecular formula is C21H30N2O6. The van der Waals surface area contributed by atoms with Crippen molar-refractivity contribution in [3.63, 3.8) is 0 Å². The van der Waals surface area contributed by atoms with E-state index in [0.717, 1.165) is 0 Å². The second kappa shape index (κ2) is 10.5. The molecule has 4 unspecified atom stereocenters. The highest BCUT2D eigenvalue weighted by molar-refractivity contribution is 6.13. The van der Waals surface area contributed by atoms with E-state index in [1.165, 1.54) is 23.1 Å². The first-order valence-electron chi connectivity index (χ1n) is 9.78. The lowest BCUT2D eigenvalue weighted by Crippen LogP contribution is -2.42. The van der Waals surface area contributed by atoms with Crippen LogP contribution < -0.4 is 0 Å². The van der Waals surface area contributed by atoms with E-state index in [1.807, 2.05) is 20.8 Å². The first kappa shape index (κ1) is 23.0. The SMILES string of the molecule is C=C1C=CC(=O)N1C(C)C(C)OCC(C)OCCOCC(C)N1C(=O)C=CC1=O. The Bertz CT molecular complexity index is 665. The van der Waals surface area contributed by atoms with Crippen molar-refractivity contribution in [1.29, 1.82) is 0 Å². The summed E-state index contributed by atoms with van der Waals surface area (Å²) in [5, 5.41) is 0. The van der Waals surface area contributed by atoms with E-state index in [2.05, 4.69) is 6.58 Å². The van der Waals surface area contributed by atoms with Crippen LogP contribution in [-0.2, 0) is 28.6 Å². The zero-order chi connectivity index (χ0) is 21.6. The predicted octanol–water partition coefficient (Wildman–Crippen LogP) is 1.43. The molecule has 0 aromatic heterocycles. The van der Waals surface area contributed by atoms with Gasteiger partial charge in [0.05, 0.1) is 50.7 Å². The molecule has 8 nitrogen and oxygen atoms in total. The molecule has 0 aromatic rings. The molecule has 0 saturated carbocycles. The van der Waals surface area contributed by atoms with E-state index < -0.39 is 0 Å². The highest BCUT2D eigenvalue weighted by atomic mass is 16.6. The lowest BCUT2D eigenvalue weighted by Gasteiger charge is -2.31. The van der Waals surface area contributed by atoms with Gasteiger partial charge in [0.2, 0.25) is 0 Å².